The largest absolute Gasteiger partial charge is 0.478 e. The summed E-state index contributed by atoms with van der Waals surface area (Å²) in [6.07, 6.45) is 1.19. The maximum atomic E-state index is 12.4. The van der Waals surface area contributed by atoms with Gasteiger partial charge < -0.3 is 9.84 Å². The van der Waals surface area contributed by atoms with Crippen LogP contribution in [0.1, 0.15) is 30.1 Å². The van der Waals surface area contributed by atoms with Crippen molar-refractivity contribution in [2.45, 2.75) is 36.9 Å². The first-order chi connectivity index (χ1) is 9.29. The average Bonchev–Trinajstić information content (AvgIpc) is 2.73. The van der Waals surface area contributed by atoms with Gasteiger partial charge in [-0.05, 0) is 38.0 Å². The summed E-state index contributed by atoms with van der Waals surface area (Å²) < 4.78 is 30.9. The number of hydrogen-bond donors (Lipinski definition) is 1. The molecule has 2 rings (SSSR count). The summed E-state index contributed by atoms with van der Waals surface area (Å²) in [4.78, 5) is 11.0. The van der Waals surface area contributed by atoms with Gasteiger partial charge in [0.05, 0.1) is 28.4 Å². The monoisotopic (exact) mass is 362 g/mol. The minimum atomic E-state index is -3.70. The summed E-state index contributed by atoms with van der Waals surface area (Å²) in [5.41, 5.74) is -0.209. The molecule has 2 unspecified atom stereocenters. The molecule has 1 aliphatic heterocycles. The molecule has 110 valence electrons. The molecule has 0 aromatic heterocycles. The van der Waals surface area contributed by atoms with Gasteiger partial charge in [0.2, 0.25) is 0 Å². The number of carboxylic acid groups (broad SMARTS) is 1. The SMILES string of the molecule is CC1CCC(CS(=O)(=O)c2cc(Br)ccc2C(=O)O)O1. The Morgan fingerprint density at radius 2 is 2.15 bits per heavy atom. The maximum Gasteiger partial charge on any atom is 0.337 e. The van der Waals surface area contributed by atoms with Gasteiger partial charge >= 0.3 is 5.97 Å². The van der Waals surface area contributed by atoms with Gasteiger partial charge in [-0.25, -0.2) is 13.2 Å². The Kier molecular flexibility index (Phi) is 4.51. The Labute approximate surface area is 126 Å². The number of sulfone groups is 1. The fourth-order valence-corrected chi connectivity index (χ4v) is 4.50. The third-order valence-electron chi connectivity index (χ3n) is 3.23. The number of carbonyl (C=O) groups is 1. The molecule has 1 aromatic carbocycles. The van der Waals surface area contributed by atoms with E-state index < -0.39 is 15.8 Å². The van der Waals surface area contributed by atoms with Crippen LogP contribution in [0.5, 0.6) is 0 Å². The zero-order valence-corrected chi connectivity index (χ0v) is 13.3. The molecule has 5 nitrogen and oxygen atoms in total. The summed E-state index contributed by atoms with van der Waals surface area (Å²) in [6.45, 7) is 1.90. The summed E-state index contributed by atoms with van der Waals surface area (Å²) >= 11 is 3.17. The van der Waals surface area contributed by atoms with E-state index in [9.17, 15) is 13.2 Å². The van der Waals surface area contributed by atoms with Crippen molar-refractivity contribution in [3.8, 4) is 0 Å². The van der Waals surface area contributed by atoms with E-state index in [2.05, 4.69) is 15.9 Å². The van der Waals surface area contributed by atoms with Crippen molar-refractivity contribution < 1.29 is 23.1 Å². The van der Waals surface area contributed by atoms with Gasteiger partial charge in [-0.2, -0.15) is 0 Å². The van der Waals surface area contributed by atoms with Crippen LogP contribution in [0.3, 0.4) is 0 Å². The van der Waals surface area contributed by atoms with Crippen LogP contribution in [0, 0.1) is 0 Å². The highest BCUT2D eigenvalue weighted by Crippen LogP contribution is 2.26. The summed E-state index contributed by atoms with van der Waals surface area (Å²) in [7, 11) is -3.70. The van der Waals surface area contributed by atoms with Crippen molar-refractivity contribution in [3.05, 3.63) is 28.2 Å². The third kappa shape index (κ3) is 3.39. The predicted octanol–water partition coefficient (Wildman–Crippen LogP) is 2.49. The second-order valence-corrected chi connectivity index (χ2v) is 7.79. The predicted molar refractivity (Wildman–Crippen MR) is 76.7 cm³/mol. The highest BCUT2D eigenvalue weighted by atomic mass is 79.9. The molecule has 1 heterocycles. The zero-order chi connectivity index (χ0) is 14.9. The standard InChI is InChI=1S/C13H15BrO5S/c1-8-2-4-10(19-8)7-20(17,18)12-6-9(14)3-5-11(12)13(15)16/h3,5-6,8,10H,2,4,7H2,1H3,(H,15,16). The van der Waals surface area contributed by atoms with Gasteiger partial charge in [-0.15, -0.1) is 0 Å². The van der Waals surface area contributed by atoms with Crippen LogP contribution < -0.4 is 0 Å². The number of rotatable bonds is 4. The minimum Gasteiger partial charge on any atom is -0.478 e. The molecular weight excluding hydrogens is 348 g/mol. The van der Waals surface area contributed by atoms with Gasteiger partial charge in [-0.1, -0.05) is 15.9 Å². The van der Waals surface area contributed by atoms with E-state index >= 15 is 0 Å². The molecule has 0 amide bonds. The minimum absolute atomic E-state index is 0.0525. The smallest absolute Gasteiger partial charge is 0.337 e. The molecule has 1 aliphatic rings. The lowest BCUT2D eigenvalue weighted by Crippen LogP contribution is -2.23. The van der Waals surface area contributed by atoms with E-state index in [0.717, 1.165) is 6.42 Å². The van der Waals surface area contributed by atoms with Crippen LogP contribution in [0.4, 0.5) is 0 Å². The van der Waals surface area contributed by atoms with E-state index in [1.165, 1.54) is 18.2 Å². The van der Waals surface area contributed by atoms with Crippen LogP contribution in [0.2, 0.25) is 0 Å². The van der Waals surface area contributed by atoms with Crippen molar-refractivity contribution in [2.24, 2.45) is 0 Å². The Hall–Kier alpha value is -0.920. The molecule has 1 aromatic rings. The first-order valence-electron chi connectivity index (χ1n) is 6.20. The number of aromatic carboxylic acids is 1. The zero-order valence-electron chi connectivity index (χ0n) is 10.9. The van der Waals surface area contributed by atoms with Gasteiger partial charge in [0.15, 0.2) is 9.84 Å². The molecule has 0 aliphatic carbocycles. The van der Waals surface area contributed by atoms with Crippen LogP contribution in [-0.4, -0.2) is 37.5 Å². The van der Waals surface area contributed by atoms with E-state index in [1.807, 2.05) is 6.92 Å². The summed E-state index contributed by atoms with van der Waals surface area (Å²) in [5.74, 6) is -1.44. The third-order valence-corrected chi connectivity index (χ3v) is 5.55. The summed E-state index contributed by atoms with van der Waals surface area (Å²) in [6, 6.07) is 4.13. The van der Waals surface area contributed by atoms with Crippen molar-refractivity contribution in [3.63, 3.8) is 0 Å². The normalized spacial score (nSPS) is 22.9. The van der Waals surface area contributed by atoms with Crippen molar-refractivity contribution in [2.75, 3.05) is 5.75 Å². The second-order valence-electron chi connectivity index (χ2n) is 4.87. The quantitative estimate of drug-likeness (QED) is 0.889. The first-order valence-corrected chi connectivity index (χ1v) is 8.65. The van der Waals surface area contributed by atoms with Crippen LogP contribution in [0.25, 0.3) is 0 Å². The van der Waals surface area contributed by atoms with Gasteiger partial charge in [-0.3, -0.25) is 0 Å². The van der Waals surface area contributed by atoms with Gasteiger partial charge in [0, 0.05) is 4.47 Å². The van der Waals surface area contributed by atoms with E-state index in [-0.39, 0.29) is 28.4 Å². The topological polar surface area (TPSA) is 80.7 Å². The van der Waals surface area contributed by atoms with Crippen LogP contribution in [0.15, 0.2) is 27.6 Å². The lowest BCUT2D eigenvalue weighted by molar-refractivity contribution is 0.0678. The Bertz CT molecular complexity index is 626. The number of carboxylic acids is 1. The molecule has 1 saturated heterocycles. The summed E-state index contributed by atoms with van der Waals surface area (Å²) in [5, 5.41) is 9.11. The van der Waals surface area contributed by atoms with E-state index in [4.69, 9.17) is 9.84 Å². The molecule has 0 radical (unpaired) electrons. The Morgan fingerprint density at radius 3 is 2.70 bits per heavy atom. The highest BCUT2D eigenvalue weighted by molar-refractivity contribution is 9.10. The number of halogens is 1. The fourth-order valence-electron chi connectivity index (χ4n) is 2.27. The van der Waals surface area contributed by atoms with Crippen molar-refractivity contribution >= 4 is 31.7 Å². The molecule has 20 heavy (non-hydrogen) atoms. The molecule has 0 bridgehead atoms. The van der Waals surface area contributed by atoms with Gasteiger partial charge in [0.25, 0.3) is 0 Å². The average molecular weight is 363 g/mol. The number of ether oxygens (including phenoxy) is 1. The van der Waals surface area contributed by atoms with E-state index in [1.54, 1.807) is 0 Å². The van der Waals surface area contributed by atoms with Crippen LogP contribution in [-0.2, 0) is 14.6 Å². The fraction of sp³-hybridized carbons (Fsp3) is 0.462. The second kappa shape index (κ2) is 5.83. The molecule has 7 heteroatoms. The molecular formula is C13H15BrO5S. The number of hydrogen-bond acceptors (Lipinski definition) is 4. The lowest BCUT2D eigenvalue weighted by atomic mass is 10.2. The molecule has 2 atom stereocenters. The first kappa shape index (κ1) is 15.5. The number of benzene rings is 1. The lowest BCUT2D eigenvalue weighted by Gasteiger charge is -2.13. The maximum absolute atomic E-state index is 12.4. The molecule has 0 saturated carbocycles. The molecule has 0 spiro atoms. The van der Waals surface area contributed by atoms with Gasteiger partial charge in [0.1, 0.15) is 0 Å². The Morgan fingerprint density at radius 1 is 1.45 bits per heavy atom. The van der Waals surface area contributed by atoms with Crippen LogP contribution >= 0.6 is 15.9 Å². The van der Waals surface area contributed by atoms with E-state index in [0.29, 0.717) is 10.9 Å². The van der Waals surface area contributed by atoms with Crippen molar-refractivity contribution in [1.82, 2.24) is 0 Å². The highest BCUT2D eigenvalue weighted by Gasteiger charge is 2.30. The molecule has 1 fully saturated rings. The van der Waals surface area contributed by atoms with Crippen molar-refractivity contribution in [1.29, 1.82) is 0 Å². The molecule has 1 N–H and O–H groups in total. The Balaban J connectivity index is 2.33.